The molecular weight excluding hydrogens is 223 g/mol. The van der Waals surface area contributed by atoms with E-state index in [9.17, 15) is 0 Å². The molecule has 0 rings (SSSR count). The van der Waals surface area contributed by atoms with E-state index in [1.165, 1.54) is 6.42 Å². The second-order valence-corrected chi connectivity index (χ2v) is 1.31. The summed E-state index contributed by atoms with van der Waals surface area (Å²) >= 11 is 0. The van der Waals surface area contributed by atoms with Crippen LogP contribution in [0.25, 0.3) is 0 Å². The van der Waals surface area contributed by atoms with E-state index >= 15 is 0 Å². The van der Waals surface area contributed by atoms with Crippen molar-refractivity contribution >= 4 is 0 Å². The van der Waals surface area contributed by atoms with Crippen molar-refractivity contribution in [2.45, 2.75) is 40.5 Å². The second-order valence-electron chi connectivity index (χ2n) is 1.31. The Hall–Kier alpha value is 1.06. The third-order valence-corrected chi connectivity index (χ3v) is 0.677. The fourth-order valence-corrected chi connectivity index (χ4v) is 0.302. The summed E-state index contributed by atoms with van der Waals surface area (Å²) in [5, 5.41) is 3.03. The van der Waals surface area contributed by atoms with Crippen LogP contribution in [0.5, 0.6) is 0 Å². The molecule has 0 aromatic carbocycles. The summed E-state index contributed by atoms with van der Waals surface area (Å²) in [7, 11) is 1.95. The van der Waals surface area contributed by atoms with Crippen molar-refractivity contribution in [3.63, 3.8) is 0 Å². The summed E-state index contributed by atoms with van der Waals surface area (Å²) in [6.45, 7) is 12.8. The second kappa shape index (κ2) is 57.6. The largest absolute Gasteiger partial charge is 0.358 e. The van der Waals surface area contributed by atoms with Crippen molar-refractivity contribution < 1.29 is 34.1 Å². The molecule has 12 heavy (non-hydrogen) atoms. The molecule has 0 saturated carbocycles. The van der Waals surface area contributed by atoms with E-state index in [2.05, 4.69) is 12.2 Å². The predicted octanol–water partition coefficient (Wildman–Crippen LogP) is 3.57. The third-order valence-electron chi connectivity index (χ3n) is 0.677. The summed E-state index contributed by atoms with van der Waals surface area (Å²) < 4.78 is 0. The minimum Gasteiger partial charge on any atom is -0.358 e. The van der Waals surface area contributed by atoms with Crippen molar-refractivity contribution in [2.75, 3.05) is 13.6 Å². The first-order valence-corrected chi connectivity index (χ1v) is 4.35. The predicted molar refractivity (Wildman–Crippen MR) is 59.7 cm³/mol. The zero-order chi connectivity index (χ0) is 8.83. The minimum absolute atomic E-state index is 0. The van der Waals surface area contributed by atoms with Gasteiger partial charge in [-0.2, -0.15) is 6.42 Å². The maximum atomic E-state index is 3.68. The molecule has 0 fully saturated rings. The van der Waals surface area contributed by atoms with E-state index < -0.39 is 0 Å². The van der Waals surface area contributed by atoms with E-state index in [1.54, 1.807) is 0 Å². The van der Waals surface area contributed by atoms with Gasteiger partial charge in [0, 0.05) is 34.1 Å². The molecule has 1 nitrogen and oxygen atoms in total. The number of hydrogen-bond acceptors (Lipinski definition) is 1. The van der Waals surface area contributed by atoms with Gasteiger partial charge in [0.05, 0.1) is 0 Å². The molecule has 0 atom stereocenters. The third kappa shape index (κ3) is 67.9. The number of unbranched alkanes of at least 4 members (excludes halogenated alkanes) is 1. The van der Waals surface area contributed by atoms with Crippen molar-refractivity contribution in [1.29, 1.82) is 0 Å². The fraction of sp³-hybridized carbons (Fsp3) is 0.800. The normalized spacial score (nSPS) is 5.50. The monoisotopic (exact) mass is 252 g/mol. The van der Waals surface area contributed by atoms with Gasteiger partial charge >= 0.3 is 0 Å². The Bertz CT molecular complexity index is 26.9. The van der Waals surface area contributed by atoms with Crippen LogP contribution in [0.2, 0.25) is 0 Å². The van der Waals surface area contributed by atoms with Crippen LogP contribution in [0.1, 0.15) is 42.0 Å². The van der Waals surface area contributed by atoms with Gasteiger partial charge in [0.15, 0.2) is 0 Å². The van der Waals surface area contributed by atoms with E-state index in [0.29, 0.717) is 0 Å². The average Bonchev–Trinajstić information content (AvgIpc) is 2.08. The molecule has 0 unspecified atom stereocenters. The summed E-state index contributed by atoms with van der Waals surface area (Å²) in [4.78, 5) is 0. The number of hydrogen-bond donors (Lipinski definition) is 1. The standard InChI is InChI=1S/C5H12N.2C2H6.CH3.Y.H2/c1-3-4-5-6-2;2*1-2;;;/h6H,1,3-5H2,2H3;2*1-2H3;1H3;;1H/q-1;;;-1;;. The van der Waals surface area contributed by atoms with Gasteiger partial charge in [-0.15, -0.1) is 0 Å². The molecule has 0 aromatic heterocycles. The first-order valence-electron chi connectivity index (χ1n) is 4.35. The average molecular weight is 252 g/mol. The van der Waals surface area contributed by atoms with Gasteiger partial charge in [-0.3, -0.25) is 0 Å². The molecule has 0 aliphatic heterocycles. The molecule has 0 aliphatic rings. The van der Waals surface area contributed by atoms with Crippen LogP contribution in [0.3, 0.4) is 0 Å². The van der Waals surface area contributed by atoms with Crippen LogP contribution in [-0.2, 0) is 32.7 Å². The van der Waals surface area contributed by atoms with E-state index in [4.69, 9.17) is 0 Å². The summed E-state index contributed by atoms with van der Waals surface area (Å²) in [6.07, 6.45) is 2.23. The molecule has 0 aromatic rings. The Kier molecular flexibility index (Phi) is 140. The molecule has 0 saturated heterocycles. The number of rotatable bonds is 3. The van der Waals surface area contributed by atoms with E-state index in [0.717, 1.165) is 13.0 Å². The zero-order valence-corrected chi connectivity index (χ0v) is 12.7. The van der Waals surface area contributed by atoms with Crippen LogP contribution in [-0.4, -0.2) is 13.6 Å². The molecule has 1 radical (unpaired) electrons. The Morgan fingerprint density at radius 2 is 1.50 bits per heavy atom. The first kappa shape index (κ1) is 29.2. The van der Waals surface area contributed by atoms with Gasteiger partial charge in [-0.1, -0.05) is 34.1 Å². The van der Waals surface area contributed by atoms with Crippen LogP contribution < -0.4 is 5.32 Å². The van der Waals surface area contributed by atoms with Crippen molar-refractivity contribution in [2.24, 2.45) is 0 Å². The molecule has 0 amide bonds. The van der Waals surface area contributed by atoms with Gasteiger partial charge in [0.2, 0.25) is 0 Å². The maximum Gasteiger partial charge on any atom is 0 e. The van der Waals surface area contributed by atoms with Gasteiger partial charge in [0.25, 0.3) is 0 Å². The molecule has 0 spiro atoms. The SMILES string of the molecule is CC.CC.[CH2-]CCCNC.[CH3-].[HH].[Y]. The number of nitrogens with one attached hydrogen (secondary N) is 1. The first-order chi connectivity index (χ1) is 4.91. The quantitative estimate of drug-likeness (QED) is 0.598. The molecule has 0 aliphatic carbocycles. The van der Waals surface area contributed by atoms with E-state index in [1.807, 2.05) is 34.7 Å². The van der Waals surface area contributed by atoms with Crippen molar-refractivity contribution in [3.8, 4) is 0 Å². The molecule has 0 bridgehead atoms. The topological polar surface area (TPSA) is 12.0 Å². The van der Waals surface area contributed by atoms with Gasteiger partial charge in [-0.25, -0.2) is 0 Å². The van der Waals surface area contributed by atoms with Crippen LogP contribution in [0.15, 0.2) is 0 Å². The molecule has 1 N–H and O–H groups in total. The van der Waals surface area contributed by atoms with Gasteiger partial charge in [0.1, 0.15) is 0 Å². The molecule has 0 heterocycles. The van der Waals surface area contributed by atoms with E-state index in [-0.39, 0.29) is 41.6 Å². The van der Waals surface area contributed by atoms with Crippen molar-refractivity contribution in [3.05, 3.63) is 14.4 Å². The fourth-order valence-electron chi connectivity index (χ4n) is 0.302. The Morgan fingerprint density at radius 3 is 1.58 bits per heavy atom. The smallest absolute Gasteiger partial charge is 0 e. The van der Waals surface area contributed by atoms with Crippen LogP contribution in [0, 0.1) is 14.4 Å². The Balaban J connectivity index is -0.0000000157. The van der Waals surface area contributed by atoms with Gasteiger partial charge in [-0.05, 0) is 13.6 Å². The minimum atomic E-state index is 0. The van der Waals surface area contributed by atoms with Crippen LogP contribution in [0.4, 0.5) is 0 Å². The van der Waals surface area contributed by atoms with Crippen LogP contribution >= 0.6 is 0 Å². The summed E-state index contributed by atoms with van der Waals surface area (Å²) in [5.41, 5.74) is 0. The Morgan fingerprint density at radius 1 is 1.17 bits per heavy atom. The maximum absolute atomic E-state index is 3.68. The van der Waals surface area contributed by atoms with Gasteiger partial charge < -0.3 is 19.7 Å². The zero-order valence-electron chi connectivity index (χ0n) is 9.91. The molecule has 79 valence electrons. The summed E-state index contributed by atoms with van der Waals surface area (Å²) in [6, 6.07) is 0. The van der Waals surface area contributed by atoms with Crippen molar-refractivity contribution in [1.82, 2.24) is 5.32 Å². The Labute approximate surface area is 107 Å². The summed E-state index contributed by atoms with van der Waals surface area (Å²) in [5.74, 6) is 0. The molecular formula is C10H29NY-2. The molecule has 2 heteroatoms.